The Morgan fingerprint density at radius 3 is 2.64 bits per heavy atom. The third kappa shape index (κ3) is 5.79. The molecule has 0 unspecified atom stereocenters. The highest BCUT2D eigenvalue weighted by Gasteiger charge is 2.08. The molecule has 0 atom stereocenters. The van der Waals surface area contributed by atoms with Gasteiger partial charge in [0, 0.05) is 6.54 Å². The zero-order valence-electron chi connectivity index (χ0n) is 5.99. The molecule has 0 bridgehead atoms. The fraction of sp³-hybridized carbons (Fsp3) is 0.800. The van der Waals surface area contributed by atoms with Crippen LogP contribution in [0, 0.1) is 11.3 Å². The maximum atomic E-state index is 10.7. The Labute approximate surface area is 65.9 Å². The molecule has 5 nitrogen and oxygen atoms in total. The summed E-state index contributed by atoms with van der Waals surface area (Å²) in [4.78, 5) is 0. The molecule has 0 radical (unpaired) electrons. The zero-order valence-corrected chi connectivity index (χ0v) is 6.80. The Balaban J connectivity index is 3.67. The van der Waals surface area contributed by atoms with E-state index in [1.54, 1.807) is 6.07 Å². The summed E-state index contributed by atoms with van der Waals surface area (Å²) >= 11 is 0. The van der Waals surface area contributed by atoms with E-state index in [0.29, 0.717) is 0 Å². The molecule has 0 rings (SSSR count). The molecule has 0 aromatic rings. The molecule has 0 aliphatic carbocycles. The van der Waals surface area contributed by atoms with Gasteiger partial charge in [0.25, 0.3) is 10.1 Å². The minimum atomic E-state index is -3.48. The summed E-state index contributed by atoms with van der Waals surface area (Å²) in [5, 5.41) is 8.04. The number of rotatable bonds is 5. The average Bonchev–Trinajstić information content (AvgIpc) is 1.87. The Kier molecular flexibility index (Phi) is 4.77. The van der Waals surface area contributed by atoms with Gasteiger partial charge in [0.1, 0.15) is 0 Å². The summed E-state index contributed by atoms with van der Waals surface area (Å²) in [6.07, 6.45) is 0.0732. The van der Waals surface area contributed by atoms with Crippen molar-refractivity contribution >= 4 is 10.1 Å². The van der Waals surface area contributed by atoms with Gasteiger partial charge in [-0.3, -0.25) is 4.18 Å². The van der Waals surface area contributed by atoms with Gasteiger partial charge < -0.3 is 5.73 Å². The van der Waals surface area contributed by atoms with Crippen molar-refractivity contribution in [1.82, 2.24) is 0 Å². The van der Waals surface area contributed by atoms with Crippen LogP contribution in [-0.2, 0) is 14.3 Å². The molecule has 64 valence electrons. The summed E-state index contributed by atoms with van der Waals surface area (Å²) in [5.41, 5.74) is 4.99. The smallest absolute Gasteiger partial charge is 0.268 e. The minimum Gasteiger partial charge on any atom is -0.329 e. The van der Waals surface area contributed by atoms with Crippen LogP contribution in [0.3, 0.4) is 0 Å². The molecule has 0 saturated carbocycles. The third-order valence-corrected chi connectivity index (χ3v) is 2.11. The monoisotopic (exact) mass is 178 g/mol. The van der Waals surface area contributed by atoms with E-state index in [4.69, 9.17) is 11.0 Å². The van der Waals surface area contributed by atoms with Crippen molar-refractivity contribution in [2.24, 2.45) is 5.73 Å². The summed E-state index contributed by atoms with van der Waals surface area (Å²) in [6, 6.07) is 1.76. The molecular formula is C5H10N2O3S. The minimum absolute atomic E-state index is 0.0366. The van der Waals surface area contributed by atoms with Crippen LogP contribution < -0.4 is 5.73 Å². The standard InChI is InChI=1S/C5H10N2O3S/c6-2-1-4-10-11(8,9)5-3-7/h1,3-5,7H2. The SMILES string of the molecule is N#CCCOS(=O)(=O)CCN. The summed E-state index contributed by atoms with van der Waals surface area (Å²) < 4.78 is 25.8. The van der Waals surface area contributed by atoms with Gasteiger partial charge in [-0.1, -0.05) is 0 Å². The molecular weight excluding hydrogens is 168 g/mol. The number of hydrogen-bond acceptors (Lipinski definition) is 5. The van der Waals surface area contributed by atoms with Gasteiger partial charge in [-0.05, 0) is 0 Å². The quantitative estimate of drug-likeness (QED) is 0.439. The first-order valence-electron chi connectivity index (χ1n) is 3.06. The van der Waals surface area contributed by atoms with E-state index in [2.05, 4.69) is 4.18 Å². The highest BCUT2D eigenvalue weighted by Crippen LogP contribution is 1.92. The van der Waals surface area contributed by atoms with Crippen LogP contribution in [0.2, 0.25) is 0 Å². The van der Waals surface area contributed by atoms with Crippen molar-refractivity contribution in [3.8, 4) is 6.07 Å². The second-order valence-electron chi connectivity index (χ2n) is 1.78. The van der Waals surface area contributed by atoms with E-state index in [-0.39, 0.29) is 25.3 Å². The first kappa shape index (κ1) is 10.4. The lowest BCUT2D eigenvalue weighted by Gasteiger charge is -1.99. The van der Waals surface area contributed by atoms with Crippen molar-refractivity contribution < 1.29 is 12.6 Å². The molecule has 0 aliphatic rings. The van der Waals surface area contributed by atoms with Crippen LogP contribution in [0.4, 0.5) is 0 Å². The second kappa shape index (κ2) is 5.07. The van der Waals surface area contributed by atoms with Crippen molar-refractivity contribution in [2.45, 2.75) is 6.42 Å². The first-order chi connectivity index (χ1) is 5.12. The fourth-order valence-corrected chi connectivity index (χ4v) is 1.16. The van der Waals surface area contributed by atoms with Crippen LogP contribution in [0.15, 0.2) is 0 Å². The van der Waals surface area contributed by atoms with Crippen LogP contribution in [0.1, 0.15) is 6.42 Å². The van der Waals surface area contributed by atoms with Gasteiger partial charge in [0.05, 0.1) is 24.8 Å². The maximum Gasteiger partial charge on any atom is 0.268 e. The highest BCUT2D eigenvalue weighted by atomic mass is 32.2. The molecule has 2 N–H and O–H groups in total. The summed E-state index contributed by atoms with van der Waals surface area (Å²) in [5.74, 6) is -0.196. The van der Waals surface area contributed by atoms with Crippen LogP contribution in [0.5, 0.6) is 0 Å². The maximum absolute atomic E-state index is 10.7. The fourth-order valence-electron chi connectivity index (χ4n) is 0.418. The third-order valence-electron chi connectivity index (χ3n) is 0.845. The van der Waals surface area contributed by atoms with Gasteiger partial charge in [-0.25, -0.2) is 0 Å². The van der Waals surface area contributed by atoms with Crippen LogP contribution in [-0.4, -0.2) is 27.3 Å². The number of nitrogens with two attached hydrogens (primary N) is 1. The highest BCUT2D eigenvalue weighted by molar-refractivity contribution is 7.86. The van der Waals surface area contributed by atoms with Crippen molar-refractivity contribution in [2.75, 3.05) is 18.9 Å². The van der Waals surface area contributed by atoms with Gasteiger partial charge in [0.2, 0.25) is 0 Å². The molecule has 0 amide bonds. The van der Waals surface area contributed by atoms with Gasteiger partial charge in [0.15, 0.2) is 0 Å². The Bertz CT molecular complexity index is 229. The lowest BCUT2D eigenvalue weighted by Crippen LogP contribution is -2.18. The second-order valence-corrected chi connectivity index (χ2v) is 3.54. The molecule has 0 saturated heterocycles. The largest absolute Gasteiger partial charge is 0.329 e. The first-order valence-corrected chi connectivity index (χ1v) is 4.64. The summed E-state index contributed by atoms with van der Waals surface area (Å²) in [7, 11) is -3.48. The van der Waals surface area contributed by atoms with E-state index in [1.165, 1.54) is 0 Å². The molecule has 0 aromatic heterocycles. The van der Waals surface area contributed by atoms with Crippen LogP contribution in [0.25, 0.3) is 0 Å². The van der Waals surface area contributed by atoms with E-state index >= 15 is 0 Å². The van der Waals surface area contributed by atoms with Crippen LogP contribution >= 0.6 is 0 Å². The normalized spacial score (nSPS) is 10.9. The van der Waals surface area contributed by atoms with E-state index in [9.17, 15) is 8.42 Å². The Morgan fingerprint density at radius 2 is 2.18 bits per heavy atom. The van der Waals surface area contributed by atoms with E-state index in [0.717, 1.165) is 0 Å². The molecule has 0 aromatic carbocycles. The van der Waals surface area contributed by atoms with Gasteiger partial charge in [-0.15, -0.1) is 0 Å². The number of hydrogen-bond donors (Lipinski definition) is 1. The summed E-state index contributed by atoms with van der Waals surface area (Å²) in [6.45, 7) is -0.0479. The predicted octanol–water partition coefficient (Wildman–Crippen LogP) is -0.795. The average molecular weight is 178 g/mol. The zero-order chi connectivity index (χ0) is 8.74. The molecule has 0 fully saturated rings. The van der Waals surface area contributed by atoms with Gasteiger partial charge >= 0.3 is 0 Å². The molecule has 0 spiro atoms. The number of nitriles is 1. The Hall–Kier alpha value is -0.640. The van der Waals surface area contributed by atoms with E-state index < -0.39 is 10.1 Å². The predicted molar refractivity (Wildman–Crippen MR) is 39.0 cm³/mol. The molecule has 6 heteroatoms. The van der Waals surface area contributed by atoms with Crippen molar-refractivity contribution in [3.63, 3.8) is 0 Å². The van der Waals surface area contributed by atoms with E-state index in [1.807, 2.05) is 0 Å². The lowest BCUT2D eigenvalue weighted by atomic mass is 10.5. The van der Waals surface area contributed by atoms with Crippen molar-refractivity contribution in [1.29, 1.82) is 5.26 Å². The lowest BCUT2D eigenvalue weighted by molar-refractivity contribution is 0.326. The van der Waals surface area contributed by atoms with Gasteiger partial charge in [-0.2, -0.15) is 13.7 Å². The topological polar surface area (TPSA) is 93.2 Å². The molecule has 0 aliphatic heterocycles. The van der Waals surface area contributed by atoms with Crippen molar-refractivity contribution in [3.05, 3.63) is 0 Å². The Morgan fingerprint density at radius 1 is 1.55 bits per heavy atom. The molecule has 0 heterocycles. The molecule has 11 heavy (non-hydrogen) atoms. The number of nitrogens with zero attached hydrogens (tertiary/aromatic N) is 1.